The molecule has 2 N–H and O–H groups in total. The predicted octanol–water partition coefficient (Wildman–Crippen LogP) is 2.92. The fourth-order valence-electron chi connectivity index (χ4n) is 1.80. The molecule has 0 aliphatic heterocycles. The lowest BCUT2D eigenvalue weighted by atomic mass is 10.0. The number of rotatable bonds is 7. The molecule has 1 aromatic carbocycles. The highest BCUT2D eigenvalue weighted by atomic mass is 127. The van der Waals surface area contributed by atoms with Gasteiger partial charge in [0.2, 0.25) is 0 Å². The van der Waals surface area contributed by atoms with Crippen molar-refractivity contribution in [3.8, 4) is 0 Å². The zero-order valence-corrected chi connectivity index (χ0v) is 13.3. The Morgan fingerprint density at radius 1 is 1.39 bits per heavy atom. The number of hydrogen-bond acceptors (Lipinski definition) is 2. The molecule has 18 heavy (non-hydrogen) atoms. The molecule has 0 amide bonds. The number of benzene rings is 1. The van der Waals surface area contributed by atoms with E-state index in [1.807, 2.05) is 6.08 Å². The Bertz CT molecular complexity index is 390. The molecule has 0 saturated heterocycles. The quantitative estimate of drug-likeness (QED) is 0.580. The molecule has 0 aliphatic rings. The third-order valence-electron chi connectivity index (χ3n) is 2.74. The molecule has 1 atom stereocenters. The number of hydrogen-bond donors (Lipinski definition) is 2. The molecule has 0 saturated carbocycles. The van der Waals surface area contributed by atoms with E-state index in [0.717, 1.165) is 6.42 Å². The van der Waals surface area contributed by atoms with Crippen LogP contribution in [0.1, 0.15) is 25.0 Å². The van der Waals surface area contributed by atoms with Crippen LogP contribution in [0.5, 0.6) is 0 Å². The summed E-state index contributed by atoms with van der Waals surface area (Å²) in [5, 5.41) is 13.3. The van der Waals surface area contributed by atoms with Crippen molar-refractivity contribution in [3.63, 3.8) is 0 Å². The van der Waals surface area contributed by atoms with E-state index in [9.17, 15) is 5.11 Å². The average molecular weight is 359 g/mol. The van der Waals surface area contributed by atoms with E-state index in [-0.39, 0.29) is 6.10 Å². The fourth-order valence-corrected chi connectivity index (χ4v) is 2.60. The van der Waals surface area contributed by atoms with Gasteiger partial charge in [0, 0.05) is 22.6 Å². The van der Waals surface area contributed by atoms with E-state index in [1.165, 1.54) is 14.7 Å². The van der Waals surface area contributed by atoms with Gasteiger partial charge in [-0.05, 0) is 40.1 Å². The molecule has 0 aliphatic carbocycles. The molecule has 0 radical (unpaired) electrons. The number of aliphatic hydroxyl groups excluding tert-OH is 1. The maximum absolute atomic E-state index is 10.0. The van der Waals surface area contributed by atoms with Gasteiger partial charge in [-0.15, -0.1) is 6.58 Å². The SMILES string of the molecule is C=CCc1cccc(CC(O)CNC(C)C)c1I. The van der Waals surface area contributed by atoms with Crippen molar-refractivity contribution in [2.75, 3.05) is 6.54 Å². The second-order valence-electron chi connectivity index (χ2n) is 4.80. The smallest absolute Gasteiger partial charge is 0.0705 e. The molecule has 1 unspecified atom stereocenters. The molecular formula is C15H22INO. The standard InChI is InChI=1S/C15H22INO/c1-4-6-12-7-5-8-13(15(12)16)9-14(18)10-17-11(2)3/h4-5,7-8,11,14,17-18H,1,6,9-10H2,2-3H3. The zero-order valence-electron chi connectivity index (χ0n) is 11.1. The average Bonchev–Trinajstić information content (AvgIpc) is 2.32. The van der Waals surface area contributed by atoms with Crippen molar-refractivity contribution in [2.45, 2.75) is 38.8 Å². The number of allylic oxidation sites excluding steroid dienone is 1. The van der Waals surface area contributed by atoms with Crippen molar-refractivity contribution in [1.82, 2.24) is 5.32 Å². The highest BCUT2D eigenvalue weighted by molar-refractivity contribution is 14.1. The molecule has 0 heterocycles. The third kappa shape index (κ3) is 5.08. The van der Waals surface area contributed by atoms with Crippen molar-refractivity contribution < 1.29 is 5.11 Å². The molecule has 0 bridgehead atoms. The highest BCUT2D eigenvalue weighted by Crippen LogP contribution is 2.19. The minimum atomic E-state index is -0.333. The predicted molar refractivity (Wildman–Crippen MR) is 85.9 cm³/mol. The molecular weight excluding hydrogens is 337 g/mol. The summed E-state index contributed by atoms with van der Waals surface area (Å²) in [5.74, 6) is 0. The van der Waals surface area contributed by atoms with Crippen molar-refractivity contribution in [3.05, 3.63) is 45.6 Å². The van der Waals surface area contributed by atoms with Gasteiger partial charge in [0.05, 0.1) is 6.10 Å². The second kappa shape index (κ2) is 7.92. The van der Waals surface area contributed by atoms with Gasteiger partial charge in [0.25, 0.3) is 0 Å². The molecule has 0 aromatic heterocycles. The Labute approximate surface area is 124 Å². The van der Waals surface area contributed by atoms with Gasteiger partial charge in [-0.1, -0.05) is 38.1 Å². The highest BCUT2D eigenvalue weighted by Gasteiger charge is 2.10. The van der Waals surface area contributed by atoms with Gasteiger partial charge >= 0.3 is 0 Å². The first-order valence-electron chi connectivity index (χ1n) is 6.33. The number of nitrogens with one attached hydrogen (secondary N) is 1. The molecule has 0 spiro atoms. The lowest BCUT2D eigenvalue weighted by Crippen LogP contribution is -2.33. The summed E-state index contributed by atoms with van der Waals surface area (Å²) in [7, 11) is 0. The topological polar surface area (TPSA) is 32.3 Å². The normalized spacial score (nSPS) is 12.7. The lowest BCUT2D eigenvalue weighted by Gasteiger charge is -2.16. The van der Waals surface area contributed by atoms with E-state index >= 15 is 0 Å². The Morgan fingerprint density at radius 2 is 2.06 bits per heavy atom. The summed E-state index contributed by atoms with van der Waals surface area (Å²) in [6.07, 6.45) is 3.16. The Kier molecular flexibility index (Phi) is 6.89. The summed E-state index contributed by atoms with van der Waals surface area (Å²) < 4.78 is 1.25. The Hall–Kier alpha value is -0.390. The maximum atomic E-state index is 10.0. The maximum Gasteiger partial charge on any atom is 0.0705 e. The van der Waals surface area contributed by atoms with Gasteiger partial charge in [0.15, 0.2) is 0 Å². The minimum Gasteiger partial charge on any atom is -0.391 e. The van der Waals surface area contributed by atoms with Gasteiger partial charge < -0.3 is 10.4 Å². The van der Waals surface area contributed by atoms with Crippen molar-refractivity contribution in [1.29, 1.82) is 0 Å². The van der Waals surface area contributed by atoms with Gasteiger partial charge in [-0.3, -0.25) is 0 Å². The van der Waals surface area contributed by atoms with Crippen LogP contribution >= 0.6 is 22.6 Å². The Morgan fingerprint density at radius 3 is 2.67 bits per heavy atom. The summed E-state index contributed by atoms with van der Waals surface area (Å²) >= 11 is 2.36. The molecule has 0 fully saturated rings. The first kappa shape index (κ1) is 15.7. The van der Waals surface area contributed by atoms with E-state index in [2.05, 4.69) is 66.5 Å². The molecule has 1 rings (SSSR count). The van der Waals surface area contributed by atoms with Crippen LogP contribution in [0.25, 0.3) is 0 Å². The first-order valence-corrected chi connectivity index (χ1v) is 7.41. The molecule has 1 aromatic rings. The van der Waals surface area contributed by atoms with Gasteiger partial charge in [-0.2, -0.15) is 0 Å². The summed E-state index contributed by atoms with van der Waals surface area (Å²) in [4.78, 5) is 0. The zero-order chi connectivity index (χ0) is 13.5. The molecule has 3 heteroatoms. The second-order valence-corrected chi connectivity index (χ2v) is 5.88. The summed E-state index contributed by atoms with van der Waals surface area (Å²) in [6, 6.07) is 6.67. The van der Waals surface area contributed by atoms with Crippen molar-refractivity contribution in [2.24, 2.45) is 0 Å². The van der Waals surface area contributed by atoms with Crippen LogP contribution in [0.15, 0.2) is 30.9 Å². The first-order chi connectivity index (χ1) is 8.54. The van der Waals surface area contributed by atoms with Gasteiger partial charge in [0.1, 0.15) is 0 Å². The van der Waals surface area contributed by atoms with Crippen LogP contribution in [0.3, 0.4) is 0 Å². The summed E-state index contributed by atoms with van der Waals surface area (Å²) in [5.41, 5.74) is 2.50. The lowest BCUT2D eigenvalue weighted by molar-refractivity contribution is 0.168. The van der Waals surface area contributed by atoms with Crippen LogP contribution in [-0.2, 0) is 12.8 Å². The Balaban J connectivity index is 2.66. The van der Waals surface area contributed by atoms with E-state index < -0.39 is 0 Å². The third-order valence-corrected chi connectivity index (χ3v) is 4.13. The largest absolute Gasteiger partial charge is 0.391 e. The van der Waals surface area contributed by atoms with Crippen LogP contribution < -0.4 is 5.32 Å². The molecule has 2 nitrogen and oxygen atoms in total. The van der Waals surface area contributed by atoms with E-state index in [1.54, 1.807) is 0 Å². The fraction of sp³-hybridized carbons (Fsp3) is 0.467. The summed E-state index contributed by atoms with van der Waals surface area (Å²) in [6.45, 7) is 8.58. The number of aliphatic hydroxyl groups is 1. The van der Waals surface area contributed by atoms with Crippen LogP contribution in [-0.4, -0.2) is 23.8 Å². The van der Waals surface area contributed by atoms with E-state index in [0.29, 0.717) is 19.0 Å². The van der Waals surface area contributed by atoms with Crippen LogP contribution in [0.4, 0.5) is 0 Å². The minimum absolute atomic E-state index is 0.333. The van der Waals surface area contributed by atoms with Crippen molar-refractivity contribution >= 4 is 22.6 Å². The number of halogens is 1. The van der Waals surface area contributed by atoms with Crippen LogP contribution in [0, 0.1) is 3.57 Å². The van der Waals surface area contributed by atoms with Gasteiger partial charge in [-0.25, -0.2) is 0 Å². The molecule has 100 valence electrons. The monoisotopic (exact) mass is 359 g/mol. The van der Waals surface area contributed by atoms with E-state index in [4.69, 9.17) is 0 Å². The van der Waals surface area contributed by atoms with Crippen LogP contribution in [0.2, 0.25) is 0 Å².